The van der Waals surface area contributed by atoms with Crippen LogP contribution in [0.4, 0.5) is 4.79 Å². The number of nitrogens with two attached hydrogens (primary N) is 2. The summed E-state index contributed by atoms with van der Waals surface area (Å²) in [6, 6.07) is 22.4. The number of rotatable bonds is 12. The molecule has 4 N–H and O–H groups in total. The number of hydrogen-bond acceptors (Lipinski definition) is 7. The fourth-order valence-corrected chi connectivity index (χ4v) is 5.55. The van der Waals surface area contributed by atoms with Crippen molar-refractivity contribution < 1.29 is 14.4 Å². The minimum Gasteiger partial charge on any atom is -0.330 e. The molecule has 1 aliphatic heterocycles. The Kier molecular flexibility index (Phi) is 8.66. The van der Waals surface area contributed by atoms with Gasteiger partial charge in [-0.15, -0.1) is 0 Å². The molecule has 1 fully saturated rings. The third-order valence-electron chi connectivity index (χ3n) is 7.72. The summed E-state index contributed by atoms with van der Waals surface area (Å²) in [5.74, 6) is -1.02. The summed E-state index contributed by atoms with van der Waals surface area (Å²) in [5, 5.41) is 1.93. The topological polar surface area (TPSA) is 136 Å². The fourth-order valence-electron chi connectivity index (χ4n) is 5.55. The van der Waals surface area contributed by atoms with Crippen LogP contribution < -0.4 is 11.5 Å². The van der Waals surface area contributed by atoms with Crippen molar-refractivity contribution in [3.8, 4) is 0 Å². The Balaban J connectivity index is 1.61. The number of amides is 4. The Morgan fingerprint density at radius 3 is 1.46 bits per heavy atom. The smallest absolute Gasteiger partial charge is 0.330 e. The highest BCUT2D eigenvalue weighted by Crippen LogP contribution is 2.37. The second kappa shape index (κ2) is 12.5. The summed E-state index contributed by atoms with van der Waals surface area (Å²) < 4.78 is 0. The van der Waals surface area contributed by atoms with Crippen molar-refractivity contribution in [1.82, 2.24) is 19.8 Å². The Morgan fingerprint density at radius 2 is 1.02 bits per heavy atom. The molecule has 9 heteroatoms. The van der Waals surface area contributed by atoms with Crippen LogP contribution in [-0.4, -0.2) is 63.8 Å². The molecule has 2 aromatic carbocycles. The van der Waals surface area contributed by atoms with Gasteiger partial charge in [0, 0.05) is 48.1 Å². The maximum Gasteiger partial charge on any atom is 0.333 e. The predicted octanol–water partition coefficient (Wildman–Crippen LogP) is 3.82. The van der Waals surface area contributed by atoms with Gasteiger partial charge in [-0.3, -0.25) is 29.4 Å². The number of aromatic nitrogens is 2. The maximum atomic E-state index is 14.4. The van der Waals surface area contributed by atoms with Crippen LogP contribution in [-0.2, 0) is 22.4 Å². The van der Waals surface area contributed by atoms with Crippen molar-refractivity contribution in [2.75, 3.05) is 26.2 Å². The minimum absolute atomic E-state index is 0.0397. The van der Waals surface area contributed by atoms with E-state index in [0.717, 1.165) is 21.8 Å². The monoisotopic (exact) mass is 552 g/mol. The van der Waals surface area contributed by atoms with Crippen molar-refractivity contribution in [1.29, 1.82) is 0 Å². The molecule has 3 heterocycles. The van der Waals surface area contributed by atoms with Crippen LogP contribution in [0.5, 0.6) is 0 Å². The summed E-state index contributed by atoms with van der Waals surface area (Å²) >= 11 is 0. The number of hydrogen-bond donors (Lipinski definition) is 2. The van der Waals surface area contributed by atoms with Crippen LogP contribution in [0.25, 0.3) is 21.8 Å². The van der Waals surface area contributed by atoms with Gasteiger partial charge in [0.1, 0.15) is 5.41 Å². The number of unbranched alkanes of at least 4 members (excludes halogenated alkanes) is 2. The molecule has 0 saturated carbocycles. The predicted molar refractivity (Wildman–Crippen MR) is 159 cm³/mol. The van der Waals surface area contributed by atoms with Gasteiger partial charge in [-0.25, -0.2) is 4.79 Å². The molecule has 0 atom stereocenters. The third kappa shape index (κ3) is 5.82. The zero-order valence-electron chi connectivity index (χ0n) is 23.2. The Morgan fingerprint density at radius 1 is 0.585 bits per heavy atom. The van der Waals surface area contributed by atoms with Crippen LogP contribution in [0.3, 0.4) is 0 Å². The molecule has 4 aromatic rings. The van der Waals surface area contributed by atoms with Gasteiger partial charge in [0.25, 0.3) is 0 Å². The van der Waals surface area contributed by atoms with Gasteiger partial charge in [-0.2, -0.15) is 0 Å². The quantitative estimate of drug-likeness (QED) is 0.201. The first kappa shape index (κ1) is 28.3. The molecule has 5 rings (SSSR count). The summed E-state index contributed by atoms with van der Waals surface area (Å²) in [4.78, 5) is 54.5. The van der Waals surface area contributed by atoms with Gasteiger partial charge in [-0.1, -0.05) is 48.5 Å². The lowest BCUT2D eigenvalue weighted by Gasteiger charge is -2.44. The molecule has 1 aliphatic rings. The van der Waals surface area contributed by atoms with E-state index >= 15 is 0 Å². The SMILES string of the molecule is NCCCCN1C(=O)N(CCCCN)C(=O)C(Cc2ccc3ccccc3n2)(Cc2ccc3ccccc3n2)C1=O. The van der Waals surface area contributed by atoms with E-state index in [1.54, 1.807) is 0 Å². The number of fused-ring (bicyclic) bond motifs is 2. The zero-order valence-corrected chi connectivity index (χ0v) is 23.2. The molecule has 0 unspecified atom stereocenters. The molecule has 41 heavy (non-hydrogen) atoms. The van der Waals surface area contributed by atoms with E-state index < -0.39 is 23.3 Å². The van der Waals surface area contributed by atoms with Gasteiger partial charge in [0.15, 0.2) is 0 Å². The maximum absolute atomic E-state index is 14.4. The average molecular weight is 553 g/mol. The van der Waals surface area contributed by atoms with Crippen molar-refractivity contribution in [3.05, 3.63) is 84.2 Å². The lowest BCUT2D eigenvalue weighted by molar-refractivity contribution is -0.159. The standard InChI is InChI=1S/C32H36N6O3/c33-17-5-7-19-37-29(39)32(30(40)38(31(37)41)20-8-6-18-34,21-25-15-13-23-9-1-3-11-27(23)35-25)22-26-16-14-24-10-2-4-12-28(24)36-26/h1-4,9-16H,5-8,17-22,33-34H2. The van der Waals surface area contributed by atoms with Crippen molar-refractivity contribution in [2.45, 2.75) is 38.5 Å². The number of barbiturate groups is 1. The van der Waals surface area contributed by atoms with E-state index in [1.807, 2.05) is 72.8 Å². The summed E-state index contributed by atoms with van der Waals surface area (Å²) in [6.45, 7) is 1.27. The number of pyridine rings is 2. The number of imide groups is 2. The third-order valence-corrected chi connectivity index (χ3v) is 7.72. The van der Waals surface area contributed by atoms with E-state index in [9.17, 15) is 14.4 Å². The second-order valence-corrected chi connectivity index (χ2v) is 10.6. The summed E-state index contributed by atoms with van der Waals surface area (Å²) in [6.07, 6.45) is 2.50. The molecule has 0 spiro atoms. The highest BCUT2D eigenvalue weighted by atomic mass is 16.2. The first-order valence-corrected chi connectivity index (χ1v) is 14.2. The molecule has 0 bridgehead atoms. The number of carbonyl (C=O) groups is 3. The lowest BCUT2D eigenvalue weighted by Crippen LogP contribution is -2.66. The molecule has 0 aliphatic carbocycles. The Hall–Kier alpha value is -4.21. The number of nitrogens with zero attached hydrogens (tertiary/aromatic N) is 4. The molecule has 9 nitrogen and oxygen atoms in total. The minimum atomic E-state index is -1.59. The Bertz CT molecular complexity index is 1460. The molecular formula is C32H36N6O3. The van der Waals surface area contributed by atoms with Crippen molar-refractivity contribution in [3.63, 3.8) is 0 Å². The van der Waals surface area contributed by atoms with Crippen LogP contribution in [0, 0.1) is 5.41 Å². The normalized spacial score (nSPS) is 15.3. The second-order valence-electron chi connectivity index (χ2n) is 10.6. The first-order chi connectivity index (χ1) is 20.0. The number of carbonyl (C=O) groups excluding carboxylic acids is 3. The lowest BCUT2D eigenvalue weighted by atomic mass is 9.74. The van der Waals surface area contributed by atoms with Crippen LogP contribution in [0.2, 0.25) is 0 Å². The number of benzene rings is 2. The number of urea groups is 1. The molecule has 0 radical (unpaired) electrons. The van der Waals surface area contributed by atoms with E-state index in [-0.39, 0.29) is 25.9 Å². The molecular weight excluding hydrogens is 516 g/mol. The van der Waals surface area contributed by atoms with Gasteiger partial charge in [0.2, 0.25) is 11.8 Å². The van der Waals surface area contributed by atoms with Crippen molar-refractivity contribution in [2.24, 2.45) is 16.9 Å². The highest BCUT2D eigenvalue weighted by molar-refractivity contribution is 6.19. The molecule has 2 aromatic heterocycles. The van der Waals surface area contributed by atoms with Crippen LogP contribution in [0.1, 0.15) is 37.1 Å². The zero-order chi connectivity index (χ0) is 28.8. The summed E-state index contributed by atoms with van der Waals surface area (Å²) in [5.41, 5.74) is 12.6. The van der Waals surface area contributed by atoms with Crippen molar-refractivity contribution >= 4 is 39.7 Å². The first-order valence-electron chi connectivity index (χ1n) is 14.2. The van der Waals surface area contributed by atoms with Crippen LogP contribution in [0.15, 0.2) is 72.8 Å². The van der Waals surface area contributed by atoms with E-state index in [2.05, 4.69) is 0 Å². The molecule has 1 saturated heterocycles. The van der Waals surface area contributed by atoms with Gasteiger partial charge < -0.3 is 11.5 Å². The van der Waals surface area contributed by atoms with Gasteiger partial charge >= 0.3 is 6.03 Å². The highest BCUT2D eigenvalue weighted by Gasteiger charge is 2.57. The fraction of sp³-hybridized carbons (Fsp3) is 0.344. The molecule has 4 amide bonds. The van der Waals surface area contributed by atoms with Crippen LogP contribution >= 0.6 is 0 Å². The van der Waals surface area contributed by atoms with E-state index in [1.165, 1.54) is 9.80 Å². The van der Waals surface area contributed by atoms with Gasteiger partial charge in [0.05, 0.1) is 11.0 Å². The van der Waals surface area contributed by atoms with E-state index in [0.29, 0.717) is 50.2 Å². The molecule has 212 valence electrons. The van der Waals surface area contributed by atoms with Gasteiger partial charge in [-0.05, 0) is 63.0 Å². The summed E-state index contributed by atoms with van der Waals surface area (Å²) in [7, 11) is 0. The van der Waals surface area contributed by atoms with E-state index in [4.69, 9.17) is 21.4 Å². The largest absolute Gasteiger partial charge is 0.333 e. The average Bonchev–Trinajstić information content (AvgIpc) is 2.99. The Labute approximate surface area is 239 Å². The number of para-hydroxylation sites is 2.